The Kier molecular flexibility index (Phi) is 11.0. The highest BCUT2D eigenvalue weighted by Crippen LogP contribution is 2.36. The first-order valence-corrected chi connectivity index (χ1v) is 15.5. The molecule has 3 N–H and O–H groups in total. The molecule has 1 aromatic carbocycles. The van der Waals surface area contributed by atoms with E-state index in [1.807, 2.05) is 50.2 Å². The summed E-state index contributed by atoms with van der Waals surface area (Å²) >= 11 is 1.42. The van der Waals surface area contributed by atoms with E-state index in [0.29, 0.717) is 35.3 Å². The lowest BCUT2D eigenvalue weighted by Crippen LogP contribution is -2.37. The van der Waals surface area contributed by atoms with Crippen LogP contribution in [0.1, 0.15) is 61.3 Å². The number of morpholine rings is 1. The van der Waals surface area contributed by atoms with Gasteiger partial charge in [-0.05, 0) is 60.6 Å². The van der Waals surface area contributed by atoms with Crippen LogP contribution in [0.15, 0.2) is 42.6 Å². The molecule has 0 saturated carbocycles. The molecule has 1 saturated heterocycles. The molecule has 1 aliphatic heterocycles. The van der Waals surface area contributed by atoms with Gasteiger partial charge in [0.05, 0.1) is 25.4 Å². The molecule has 0 unspecified atom stereocenters. The summed E-state index contributed by atoms with van der Waals surface area (Å²) in [5.41, 5.74) is 3.92. The van der Waals surface area contributed by atoms with Crippen molar-refractivity contribution in [3.8, 4) is 17.0 Å². The molecule has 42 heavy (non-hydrogen) atoms. The Morgan fingerprint density at radius 1 is 1.10 bits per heavy atom. The average molecular weight is 594 g/mol. The fraction of sp³-hybridized carbons (Fsp3) is 0.469. The Morgan fingerprint density at radius 3 is 2.57 bits per heavy atom. The molecule has 0 atom stereocenters. The van der Waals surface area contributed by atoms with Crippen molar-refractivity contribution in [1.82, 2.24) is 15.2 Å². The number of anilines is 2. The number of carbonyl (C=O) groups excluding carboxylic acids is 2. The minimum Gasteiger partial charge on any atom is -0.478 e. The van der Waals surface area contributed by atoms with Gasteiger partial charge in [-0.2, -0.15) is 0 Å². The Morgan fingerprint density at radius 2 is 1.88 bits per heavy atom. The summed E-state index contributed by atoms with van der Waals surface area (Å²) in [5.74, 6) is 0.407. The van der Waals surface area contributed by atoms with Crippen LogP contribution in [0.5, 0.6) is 5.88 Å². The number of hydrogen-bond donors (Lipinski definition) is 3. The predicted molar refractivity (Wildman–Crippen MR) is 170 cm³/mol. The first-order valence-electron chi connectivity index (χ1n) is 14.6. The molecular formula is C32H43N5O4S. The van der Waals surface area contributed by atoms with Crippen molar-refractivity contribution in [1.29, 1.82) is 0 Å². The fourth-order valence-corrected chi connectivity index (χ4v) is 5.65. The molecule has 9 nitrogen and oxygen atoms in total. The molecule has 1 aliphatic rings. The maximum absolute atomic E-state index is 13.0. The number of rotatable bonds is 11. The van der Waals surface area contributed by atoms with E-state index in [4.69, 9.17) is 9.47 Å². The van der Waals surface area contributed by atoms with E-state index in [1.165, 1.54) is 11.3 Å². The highest BCUT2D eigenvalue weighted by molar-refractivity contribution is 7.16. The van der Waals surface area contributed by atoms with Gasteiger partial charge in [-0.3, -0.25) is 15.0 Å². The third-order valence-electron chi connectivity index (χ3n) is 6.99. The van der Waals surface area contributed by atoms with Gasteiger partial charge in [0, 0.05) is 54.6 Å². The molecule has 10 heteroatoms. The van der Waals surface area contributed by atoms with Gasteiger partial charge in [0.1, 0.15) is 5.00 Å². The number of aromatic nitrogens is 1. The number of carbonyl (C=O) groups is 2. The van der Waals surface area contributed by atoms with Crippen LogP contribution in [-0.4, -0.2) is 67.8 Å². The van der Waals surface area contributed by atoms with Crippen LogP contribution in [-0.2, 0) is 10.2 Å². The van der Waals surface area contributed by atoms with Crippen molar-refractivity contribution < 1.29 is 19.1 Å². The molecular weight excluding hydrogens is 550 g/mol. The van der Waals surface area contributed by atoms with Crippen LogP contribution < -0.4 is 20.7 Å². The number of ether oxygens (including phenoxy) is 2. The second-order valence-corrected chi connectivity index (χ2v) is 12.6. The first-order chi connectivity index (χ1) is 20.1. The highest BCUT2D eigenvalue weighted by atomic mass is 32.1. The molecule has 3 aromatic rings. The Hall–Kier alpha value is -3.47. The van der Waals surface area contributed by atoms with E-state index >= 15 is 0 Å². The van der Waals surface area contributed by atoms with Gasteiger partial charge >= 0.3 is 6.03 Å². The molecule has 4 rings (SSSR count). The highest BCUT2D eigenvalue weighted by Gasteiger charge is 2.24. The summed E-state index contributed by atoms with van der Waals surface area (Å²) in [6.45, 7) is 16.0. The second kappa shape index (κ2) is 14.6. The quantitative estimate of drug-likeness (QED) is 0.225. The Balaban J connectivity index is 1.38. The topological polar surface area (TPSA) is 105 Å². The van der Waals surface area contributed by atoms with Gasteiger partial charge in [-0.25, -0.2) is 9.78 Å². The van der Waals surface area contributed by atoms with Crippen LogP contribution in [0.3, 0.4) is 0 Å². The number of nitrogens with one attached hydrogen (secondary N) is 3. The standard InChI is InChI=1S/C32H43N5O4S/c1-6-12-33-29(38)26-20-27(32(3,4)5)42-30(26)36-31(39)35-24-10-8-22(2)25(19-24)23-9-11-28(34-21-23)41-16-7-13-37-14-17-40-18-15-37/h8-11,19-21H,6-7,12-18H2,1-5H3,(H,33,38)(H2,35,36,39). The number of amides is 3. The largest absolute Gasteiger partial charge is 0.478 e. The molecule has 0 radical (unpaired) electrons. The lowest BCUT2D eigenvalue weighted by molar-refractivity contribution is 0.0357. The van der Waals surface area contributed by atoms with E-state index < -0.39 is 6.03 Å². The molecule has 0 aliphatic carbocycles. The maximum Gasteiger partial charge on any atom is 0.324 e. The number of pyridine rings is 1. The molecule has 3 amide bonds. The minimum atomic E-state index is -0.407. The second-order valence-electron chi connectivity index (χ2n) is 11.5. The van der Waals surface area contributed by atoms with Gasteiger partial charge < -0.3 is 20.1 Å². The summed E-state index contributed by atoms with van der Waals surface area (Å²) < 4.78 is 11.3. The Bertz CT molecular complexity index is 1340. The van der Waals surface area contributed by atoms with E-state index in [2.05, 4.69) is 46.6 Å². The first kappa shape index (κ1) is 31.5. The number of nitrogens with zero attached hydrogens (tertiary/aromatic N) is 2. The van der Waals surface area contributed by atoms with Crippen molar-refractivity contribution in [2.75, 3.05) is 56.6 Å². The number of thiophene rings is 1. The van der Waals surface area contributed by atoms with Gasteiger partial charge in [0.15, 0.2) is 0 Å². The zero-order chi connectivity index (χ0) is 30.1. The van der Waals surface area contributed by atoms with Gasteiger partial charge in [0.2, 0.25) is 5.88 Å². The predicted octanol–water partition coefficient (Wildman–Crippen LogP) is 6.30. The number of hydrogen-bond acceptors (Lipinski definition) is 7. The van der Waals surface area contributed by atoms with Crippen molar-refractivity contribution in [2.24, 2.45) is 0 Å². The lowest BCUT2D eigenvalue weighted by Gasteiger charge is -2.26. The van der Waals surface area contributed by atoms with Gasteiger partial charge in [-0.15, -0.1) is 11.3 Å². The summed E-state index contributed by atoms with van der Waals surface area (Å²) in [5, 5.41) is 9.28. The van der Waals surface area contributed by atoms with E-state index in [-0.39, 0.29) is 11.3 Å². The Labute approximate surface area is 253 Å². The summed E-state index contributed by atoms with van der Waals surface area (Å²) in [6.07, 6.45) is 3.57. The molecule has 1 fully saturated rings. The van der Waals surface area contributed by atoms with Crippen molar-refractivity contribution >= 4 is 34.0 Å². The van der Waals surface area contributed by atoms with Gasteiger partial charge in [-0.1, -0.05) is 33.8 Å². The zero-order valence-electron chi connectivity index (χ0n) is 25.3. The third-order valence-corrected chi connectivity index (χ3v) is 8.47. The fourth-order valence-electron chi connectivity index (χ4n) is 4.55. The number of aryl methyl sites for hydroxylation is 1. The van der Waals surface area contributed by atoms with Crippen molar-refractivity contribution in [3.05, 3.63) is 58.6 Å². The monoisotopic (exact) mass is 593 g/mol. The van der Waals surface area contributed by atoms with E-state index in [9.17, 15) is 9.59 Å². The van der Waals surface area contributed by atoms with E-state index in [1.54, 1.807) is 6.20 Å². The summed E-state index contributed by atoms with van der Waals surface area (Å²) in [6, 6.07) is 11.1. The zero-order valence-corrected chi connectivity index (χ0v) is 26.2. The lowest BCUT2D eigenvalue weighted by atomic mass is 9.94. The molecule has 0 bridgehead atoms. The van der Waals surface area contributed by atoms with Crippen LogP contribution in [0.25, 0.3) is 11.1 Å². The van der Waals surface area contributed by atoms with Crippen LogP contribution >= 0.6 is 11.3 Å². The summed E-state index contributed by atoms with van der Waals surface area (Å²) in [7, 11) is 0. The van der Waals surface area contributed by atoms with Crippen molar-refractivity contribution in [2.45, 2.75) is 52.9 Å². The molecule has 2 aromatic heterocycles. The third kappa shape index (κ3) is 8.77. The number of benzene rings is 1. The number of urea groups is 1. The van der Waals surface area contributed by atoms with Gasteiger partial charge in [0.25, 0.3) is 5.91 Å². The molecule has 3 heterocycles. The van der Waals surface area contributed by atoms with Crippen LogP contribution in [0.4, 0.5) is 15.5 Å². The minimum absolute atomic E-state index is 0.149. The normalized spacial score (nSPS) is 13.9. The summed E-state index contributed by atoms with van der Waals surface area (Å²) in [4.78, 5) is 33.8. The molecule has 0 spiro atoms. The van der Waals surface area contributed by atoms with Crippen LogP contribution in [0.2, 0.25) is 0 Å². The molecule has 226 valence electrons. The SMILES string of the molecule is CCCNC(=O)c1cc(C(C)(C)C)sc1NC(=O)Nc1ccc(C)c(-c2ccc(OCCCN3CCOCC3)nc2)c1. The van der Waals surface area contributed by atoms with E-state index in [0.717, 1.165) is 67.3 Å². The van der Waals surface area contributed by atoms with Crippen molar-refractivity contribution in [3.63, 3.8) is 0 Å². The maximum atomic E-state index is 13.0. The smallest absolute Gasteiger partial charge is 0.324 e. The van der Waals surface area contributed by atoms with Crippen LogP contribution in [0, 0.1) is 6.92 Å². The average Bonchev–Trinajstić information content (AvgIpc) is 3.40.